The molecule has 3 amide bonds. The van der Waals surface area contributed by atoms with Crippen LogP contribution in [0.1, 0.15) is 23.7 Å². The summed E-state index contributed by atoms with van der Waals surface area (Å²) in [6, 6.07) is 8.71. The number of anilines is 1. The second-order valence-corrected chi connectivity index (χ2v) is 8.49. The number of hydrogen-bond donors (Lipinski definition) is 0. The molecular weight excluding hydrogens is 398 g/mol. The van der Waals surface area contributed by atoms with Gasteiger partial charge in [-0.05, 0) is 42.1 Å². The van der Waals surface area contributed by atoms with Gasteiger partial charge in [0, 0.05) is 36.0 Å². The van der Waals surface area contributed by atoms with E-state index >= 15 is 0 Å². The Balaban J connectivity index is 1.60. The minimum atomic E-state index is -0.566. The van der Waals surface area contributed by atoms with E-state index in [0.29, 0.717) is 36.6 Å². The van der Waals surface area contributed by atoms with Crippen molar-refractivity contribution in [3.8, 4) is 0 Å². The molecule has 2 aliphatic rings. The lowest BCUT2D eigenvalue weighted by molar-refractivity contribution is -0.142. The Morgan fingerprint density at radius 1 is 1.14 bits per heavy atom. The number of halogens is 1. The number of hydrogen-bond acceptors (Lipinski definition) is 4. The summed E-state index contributed by atoms with van der Waals surface area (Å²) in [6.07, 6.45) is 0.639. The van der Waals surface area contributed by atoms with E-state index in [9.17, 15) is 14.4 Å². The molecule has 28 heavy (non-hydrogen) atoms. The van der Waals surface area contributed by atoms with Gasteiger partial charge >= 0.3 is 0 Å². The van der Waals surface area contributed by atoms with Crippen LogP contribution in [0.3, 0.4) is 0 Å². The van der Waals surface area contributed by atoms with Gasteiger partial charge in [0.1, 0.15) is 6.54 Å². The number of carbonyl (C=O) groups excluding carboxylic acids is 3. The Labute approximate surface area is 172 Å². The average Bonchev–Trinajstić information content (AvgIpc) is 3.34. The molecule has 0 N–H and O–H groups in total. The van der Waals surface area contributed by atoms with Crippen molar-refractivity contribution in [3.05, 3.63) is 51.7 Å². The van der Waals surface area contributed by atoms with Gasteiger partial charge in [0.2, 0.25) is 11.8 Å². The van der Waals surface area contributed by atoms with Crippen LogP contribution in [-0.4, -0.2) is 59.2 Å². The van der Waals surface area contributed by atoms with Crippen molar-refractivity contribution < 1.29 is 14.4 Å². The van der Waals surface area contributed by atoms with Crippen LogP contribution in [-0.2, 0) is 9.59 Å². The van der Waals surface area contributed by atoms with E-state index < -0.39 is 5.54 Å². The highest BCUT2D eigenvalue weighted by Gasteiger charge is 2.51. The predicted molar refractivity (Wildman–Crippen MR) is 109 cm³/mol. The van der Waals surface area contributed by atoms with Gasteiger partial charge in [-0.25, -0.2) is 0 Å². The van der Waals surface area contributed by atoms with Crippen LogP contribution >= 0.6 is 22.9 Å². The minimum absolute atomic E-state index is 0.0359. The SMILES string of the molecule is CC(=O)N1CC(=O)N(c2ccsc2)C[C@]12CCN(C(=O)c1ccc(Cl)cc1)C2. The summed E-state index contributed by atoms with van der Waals surface area (Å²) in [7, 11) is 0. The molecule has 146 valence electrons. The summed E-state index contributed by atoms with van der Waals surface area (Å²) in [5.41, 5.74) is 0.849. The van der Waals surface area contributed by atoms with Gasteiger partial charge < -0.3 is 14.7 Å². The fourth-order valence-electron chi connectivity index (χ4n) is 4.10. The first kappa shape index (κ1) is 19.0. The molecule has 3 heterocycles. The number of piperazine rings is 1. The van der Waals surface area contributed by atoms with Gasteiger partial charge in [0.05, 0.1) is 17.8 Å². The van der Waals surface area contributed by atoms with E-state index in [1.54, 1.807) is 39.0 Å². The molecule has 4 rings (SSSR count). The first-order chi connectivity index (χ1) is 13.4. The van der Waals surface area contributed by atoms with Crippen molar-refractivity contribution in [3.63, 3.8) is 0 Å². The molecule has 0 aliphatic carbocycles. The molecular formula is C20H20ClN3O3S. The highest BCUT2D eigenvalue weighted by atomic mass is 35.5. The fraction of sp³-hybridized carbons (Fsp3) is 0.350. The van der Waals surface area contributed by atoms with E-state index in [1.807, 2.05) is 16.8 Å². The summed E-state index contributed by atoms with van der Waals surface area (Å²) >= 11 is 7.45. The molecule has 1 aromatic carbocycles. The molecule has 1 atom stereocenters. The summed E-state index contributed by atoms with van der Waals surface area (Å²) in [6.45, 7) is 2.86. The lowest BCUT2D eigenvalue weighted by Crippen LogP contribution is -2.67. The number of thiophene rings is 1. The summed E-state index contributed by atoms with van der Waals surface area (Å²) in [4.78, 5) is 43.1. The Bertz CT molecular complexity index is 915. The van der Waals surface area contributed by atoms with Crippen molar-refractivity contribution in [1.29, 1.82) is 0 Å². The van der Waals surface area contributed by atoms with Gasteiger partial charge in [-0.1, -0.05) is 11.6 Å². The zero-order valence-electron chi connectivity index (χ0n) is 15.4. The van der Waals surface area contributed by atoms with Crippen LogP contribution in [0.15, 0.2) is 41.1 Å². The minimum Gasteiger partial charge on any atom is -0.336 e. The van der Waals surface area contributed by atoms with E-state index in [4.69, 9.17) is 11.6 Å². The van der Waals surface area contributed by atoms with E-state index in [1.165, 1.54) is 18.3 Å². The molecule has 2 fully saturated rings. The Kier molecular flexibility index (Phi) is 4.89. The van der Waals surface area contributed by atoms with Crippen molar-refractivity contribution in [2.24, 2.45) is 0 Å². The number of nitrogens with zero attached hydrogens (tertiary/aromatic N) is 3. The summed E-state index contributed by atoms with van der Waals surface area (Å²) in [5.74, 6) is -0.322. The number of likely N-dealkylation sites (tertiary alicyclic amines) is 1. The molecule has 0 radical (unpaired) electrons. The monoisotopic (exact) mass is 417 g/mol. The number of rotatable bonds is 2. The average molecular weight is 418 g/mol. The Morgan fingerprint density at radius 2 is 1.89 bits per heavy atom. The quantitative estimate of drug-likeness (QED) is 0.754. The summed E-state index contributed by atoms with van der Waals surface area (Å²) in [5, 5.41) is 4.44. The van der Waals surface area contributed by atoms with Crippen LogP contribution in [0, 0.1) is 0 Å². The van der Waals surface area contributed by atoms with Gasteiger partial charge in [-0.15, -0.1) is 0 Å². The number of benzene rings is 1. The smallest absolute Gasteiger partial charge is 0.253 e. The third-order valence-corrected chi connectivity index (χ3v) is 6.45. The third kappa shape index (κ3) is 3.29. The normalized spacial score (nSPS) is 22.2. The third-order valence-electron chi connectivity index (χ3n) is 5.53. The van der Waals surface area contributed by atoms with Crippen LogP contribution in [0.4, 0.5) is 5.69 Å². The number of carbonyl (C=O) groups is 3. The molecule has 8 heteroatoms. The zero-order valence-corrected chi connectivity index (χ0v) is 17.0. The van der Waals surface area contributed by atoms with Crippen molar-refractivity contribution in [1.82, 2.24) is 9.80 Å². The Hall–Kier alpha value is -2.38. The van der Waals surface area contributed by atoms with Gasteiger partial charge in [-0.2, -0.15) is 11.3 Å². The molecule has 0 unspecified atom stereocenters. The zero-order chi connectivity index (χ0) is 19.9. The maximum atomic E-state index is 12.9. The van der Waals surface area contributed by atoms with Crippen molar-refractivity contribution in [2.45, 2.75) is 18.9 Å². The second kappa shape index (κ2) is 7.22. The highest BCUT2D eigenvalue weighted by molar-refractivity contribution is 7.08. The highest BCUT2D eigenvalue weighted by Crippen LogP contribution is 2.35. The lowest BCUT2D eigenvalue weighted by Gasteiger charge is -2.47. The first-order valence-corrected chi connectivity index (χ1v) is 10.4. The van der Waals surface area contributed by atoms with Gasteiger partial charge in [-0.3, -0.25) is 14.4 Å². The Morgan fingerprint density at radius 3 is 2.54 bits per heavy atom. The predicted octanol–water partition coefficient (Wildman–Crippen LogP) is 2.88. The maximum Gasteiger partial charge on any atom is 0.253 e. The van der Waals surface area contributed by atoms with Crippen LogP contribution < -0.4 is 4.90 Å². The molecule has 2 saturated heterocycles. The van der Waals surface area contributed by atoms with Gasteiger partial charge in [0.25, 0.3) is 5.91 Å². The molecule has 6 nitrogen and oxygen atoms in total. The largest absolute Gasteiger partial charge is 0.336 e. The molecule has 1 aromatic heterocycles. The van der Waals surface area contributed by atoms with E-state index in [-0.39, 0.29) is 24.3 Å². The lowest BCUT2D eigenvalue weighted by atomic mass is 9.92. The molecule has 0 bridgehead atoms. The van der Waals surface area contributed by atoms with Crippen LogP contribution in [0.5, 0.6) is 0 Å². The van der Waals surface area contributed by atoms with Crippen LogP contribution in [0.2, 0.25) is 5.02 Å². The number of amides is 3. The van der Waals surface area contributed by atoms with Crippen molar-refractivity contribution >= 4 is 46.3 Å². The van der Waals surface area contributed by atoms with E-state index in [0.717, 1.165) is 5.69 Å². The van der Waals surface area contributed by atoms with E-state index in [2.05, 4.69) is 0 Å². The maximum absolute atomic E-state index is 12.9. The fourth-order valence-corrected chi connectivity index (χ4v) is 4.87. The van der Waals surface area contributed by atoms with Crippen molar-refractivity contribution in [2.75, 3.05) is 31.1 Å². The van der Waals surface area contributed by atoms with Gasteiger partial charge in [0.15, 0.2) is 0 Å². The topological polar surface area (TPSA) is 60.9 Å². The molecule has 0 saturated carbocycles. The molecule has 2 aromatic rings. The summed E-state index contributed by atoms with van der Waals surface area (Å²) < 4.78 is 0. The first-order valence-electron chi connectivity index (χ1n) is 9.05. The second-order valence-electron chi connectivity index (χ2n) is 7.27. The molecule has 1 spiro atoms. The standard InChI is InChI=1S/C20H20ClN3O3S/c1-14(25)24-10-18(26)23(17-6-9-28-11-17)13-20(24)7-8-22(12-20)19(27)15-2-4-16(21)5-3-15/h2-6,9,11H,7-8,10,12-13H2,1H3/t20-/m1/s1. The van der Waals surface area contributed by atoms with Crippen LogP contribution in [0.25, 0.3) is 0 Å². The molecule has 2 aliphatic heterocycles.